The van der Waals surface area contributed by atoms with E-state index in [0.717, 1.165) is 28.2 Å². The molecule has 0 fully saturated rings. The first kappa shape index (κ1) is 19.6. The molecule has 2 aromatic carbocycles. The van der Waals surface area contributed by atoms with Gasteiger partial charge in [0.2, 0.25) is 0 Å². The third-order valence-corrected chi connectivity index (χ3v) is 4.36. The van der Waals surface area contributed by atoms with Crippen LogP contribution in [0.3, 0.4) is 0 Å². The van der Waals surface area contributed by atoms with Crippen LogP contribution in [0.2, 0.25) is 0 Å². The van der Waals surface area contributed by atoms with Gasteiger partial charge >= 0.3 is 6.03 Å². The molecule has 0 saturated heterocycles. The van der Waals surface area contributed by atoms with Crippen molar-refractivity contribution < 1.29 is 9.90 Å². The van der Waals surface area contributed by atoms with E-state index >= 15 is 0 Å². The van der Waals surface area contributed by atoms with Gasteiger partial charge < -0.3 is 20.3 Å². The molecule has 0 aliphatic rings. The Morgan fingerprint density at radius 1 is 1.18 bits per heavy atom. The minimum absolute atomic E-state index is 0.219. The number of rotatable bonds is 7. The van der Waals surface area contributed by atoms with Crippen LogP contribution in [0.4, 0.5) is 10.5 Å². The fourth-order valence-corrected chi connectivity index (χ4v) is 3.15. The number of hydrogen-bond acceptors (Lipinski definition) is 3. The van der Waals surface area contributed by atoms with E-state index in [9.17, 15) is 9.90 Å². The van der Waals surface area contributed by atoms with Gasteiger partial charge in [0.05, 0.1) is 18.1 Å². The summed E-state index contributed by atoms with van der Waals surface area (Å²) in [5, 5.41) is 15.5. The third kappa shape index (κ3) is 4.98. The van der Waals surface area contributed by atoms with Crippen molar-refractivity contribution in [2.75, 3.05) is 11.9 Å². The van der Waals surface area contributed by atoms with Crippen LogP contribution in [0.25, 0.3) is 11.3 Å². The summed E-state index contributed by atoms with van der Waals surface area (Å²) in [7, 11) is 0. The third-order valence-electron chi connectivity index (χ3n) is 4.36. The van der Waals surface area contributed by atoms with Gasteiger partial charge in [-0.1, -0.05) is 42.5 Å². The van der Waals surface area contributed by atoms with E-state index in [2.05, 4.69) is 20.2 Å². The summed E-state index contributed by atoms with van der Waals surface area (Å²) in [6.45, 7) is 4.84. The van der Waals surface area contributed by atoms with E-state index in [4.69, 9.17) is 0 Å². The van der Waals surface area contributed by atoms with Crippen molar-refractivity contribution in [3.63, 3.8) is 0 Å². The summed E-state index contributed by atoms with van der Waals surface area (Å²) in [5.74, 6) is 0. The number of aliphatic hydroxyl groups excluding tert-OH is 1. The predicted octanol–water partition coefficient (Wildman–Crippen LogP) is 3.66. The standard InChI is InChI=1S/C22H26N4O2/c1-3-23-22(28)25-19-11-7-8-17(13-19)14-26-15-24-21(20(26)12-16(2)27)18-9-5-4-6-10-18/h4-11,13,15-16,27H,3,12,14H2,1-2H3,(H2,23,25,28). The van der Waals surface area contributed by atoms with Crippen molar-refractivity contribution in [3.8, 4) is 11.3 Å². The van der Waals surface area contributed by atoms with Gasteiger partial charge in [-0.15, -0.1) is 0 Å². The Bertz CT molecular complexity index is 919. The fraction of sp³-hybridized carbons (Fsp3) is 0.273. The minimum atomic E-state index is -0.469. The quantitative estimate of drug-likeness (QED) is 0.587. The molecule has 0 aliphatic heterocycles. The van der Waals surface area contributed by atoms with E-state index < -0.39 is 6.10 Å². The van der Waals surface area contributed by atoms with Gasteiger partial charge in [0.25, 0.3) is 0 Å². The number of carbonyl (C=O) groups excluding carboxylic acids is 1. The van der Waals surface area contributed by atoms with Gasteiger partial charge in [-0.3, -0.25) is 0 Å². The first-order valence-electron chi connectivity index (χ1n) is 9.48. The molecule has 3 N–H and O–H groups in total. The fourth-order valence-electron chi connectivity index (χ4n) is 3.15. The monoisotopic (exact) mass is 378 g/mol. The average molecular weight is 378 g/mol. The van der Waals surface area contributed by atoms with E-state index in [1.54, 1.807) is 6.92 Å². The zero-order valence-electron chi connectivity index (χ0n) is 16.2. The van der Waals surface area contributed by atoms with Gasteiger partial charge in [-0.05, 0) is 31.5 Å². The number of aliphatic hydroxyl groups is 1. The number of urea groups is 1. The molecule has 2 amide bonds. The molecular weight excluding hydrogens is 352 g/mol. The number of hydrogen-bond donors (Lipinski definition) is 3. The second kappa shape index (κ2) is 9.19. The highest BCUT2D eigenvalue weighted by molar-refractivity contribution is 5.89. The van der Waals surface area contributed by atoms with E-state index in [1.165, 1.54) is 0 Å². The van der Waals surface area contributed by atoms with Gasteiger partial charge in [0.1, 0.15) is 0 Å². The highest BCUT2D eigenvalue weighted by Crippen LogP contribution is 2.24. The molecule has 28 heavy (non-hydrogen) atoms. The lowest BCUT2D eigenvalue weighted by atomic mass is 10.1. The number of nitrogens with zero attached hydrogens (tertiary/aromatic N) is 2. The Kier molecular flexibility index (Phi) is 6.45. The number of carbonyl (C=O) groups is 1. The van der Waals surface area contributed by atoms with Crippen LogP contribution >= 0.6 is 0 Å². The molecule has 3 rings (SSSR count). The molecule has 6 nitrogen and oxygen atoms in total. The van der Waals surface area contributed by atoms with Crippen LogP contribution in [-0.4, -0.2) is 33.3 Å². The Morgan fingerprint density at radius 2 is 1.96 bits per heavy atom. The van der Waals surface area contributed by atoms with Gasteiger partial charge in [0, 0.05) is 36.5 Å². The summed E-state index contributed by atoms with van der Waals surface area (Å²) < 4.78 is 2.06. The summed E-state index contributed by atoms with van der Waals surface area (Å²) in [4.78, 5) is 16.4. The normalized spacial score (nSPS) is 11.8. The van der Waals surface area contributed by atoms with Crippen LogP contribution in [0.1, 0.15) is 25.1 Å². The van der Waals surface area contributed by atoms with Crippen molar-refractivity contribution in [3.05, 3.63) is 72.2 Å². The van der Waals surface area contributed by atoms with Crippen molar-refractivity contribution in [2.24, 2.45) is 0 Å². The molecule has 1 aromatic heterocycles. The van der Waals surface area contributed by atoms with Crippen LogP contribution in [0.5, 0.6) is 0 Å². The van der Waals surface area contributed by atoms with Gasteiger partial charge in [-0.25, -0.2) is 9.78 Å². The van der Waals surface area contributed by atoms with E-state index in [1.807, 2.05) is 67.8 Å². The van der Waals surface area contributed by atoms with Crippen LogP contribution < -0.4 is 10.6 Å². The Morgan fingerprint density at radius 3 is 2.68 bits per heavy atom. The molecule has 1 atom stereocenters. The number of amides is 2. The SMILES string of the molecule is CCNC(=O)Nc1cccc(Cn2cnc(-c3ccccc3)c2CC(C)O)c1. The Hall–Kier alpha value is -3.12. The highest BCUT2D eigenvalue weighted by atomic mass is 16.3. The van der Waals surface area contributed by atoms with Crippen molar-refractivity contribution in [1.82, 2.24) is 14.9 Å². The van der Waals surface area contributed by atoms with Crippen LogP contribution in [-0.2, 0) is 13.0 Å². The molecule has 3 aromatic rings. The van der Waals surface area contributed by atoms with Gasteiger partial charge in [-0.2, -0.15) is 0 Å². The highest BCUT2D eigenvalue weighted by Gasteiger charge is 2.15. The first-order chi connectivity index (χ1) is 13.6. The molecule has 0 aliphatic carbocycles. The maximum atomic E-state index is 11.8. The Labute approximate surface area is 165 Å². The first-order valence-corrected chi connectivity index (χ1v) is 9.48. The van der Waals surface area contributed by atoms with E-state index in [-0.39, 0.29) is 6.03 Å². The molecule has 6 heteroatoms. The molecule has 1 unspecified atom stereocenters. The number of nitrogens with one attached hydrogen (secondary N) is 2. The zero-order chi connectivity index (χ0) is 19.9. The second-order valence-corrected chi connectivity index (χ2v) is 6.77. The predicted molar refractivity (Wildman–Crippen MR) is 111 cm³/mol. The lowest BCUT2D eigenvalue weighted by Crippen LogP contribution is -2.28. The minimum Gasteiger partial charge on any atom is -0.393 e. The number of imidazole rings is 1. The molecule has 0 radical (unpaired) electrons. The van der Waals surface area contributed by atoms with Gasteiger partial charge in [0.15, 0.2) is 0 Å². The molecule has 0 spiro atoms. The second-order valence-electron chi connectivity index (χ2n) is 6.77. The van der Waals surface area contributed by atoms with Crippen molar-refractivity contribution in [2.45, 2.75) is 32.9 Å². The molecule has 146 valence electrons. The summed E-state index contributed by atoms with van der Waals surface area (Å²) in [6.07, 6.45) is 1.86. The topological polar surface area (TPSA) is 79.2 Å². The summed E-state index contributed by atoms with van der Waals surface area (Å²) in [5.41, 5.74) is 4.69. The van der Waals surface area contributed by atoms with Crippen molar-refractivity contribution >= 4 is 11.7 Å². The zero-order valence-corrected chi connectivity index (χ0v) is 16.2. The number of anilines is 1. The number of aromatic nitrogens is 2. The number of benzene rings is 2. The summed E-state index contributed by atoms with van der Waals surface area (Å²) in [6, 6.07) is 17.5. The van der Waals surface area contributed by atoms with E-state index in [0.29, 0.717) is 19.5 Å². The molecule has 0 bridgehead atoms. The Balaban J connectivity index is 1.86. The maximum absolute atomic E-state index is 11.8. The summed E-state index contributed by atoms with van der Waals surface area (Å²) >= 11 is 0. The molecular formula is C22H26N4O2. The lowest BCUT2D eigenvalue weighted by Gasteiger charge is -2.13. The maximum Gasteiger partial charge on any atom is 0.319 e. The van der Waals surface area contributed by atoms with Crippen molar-refractivity contribution in [1.29, 1.82) is 0 Å². The molecule has 0 saturated carbocycles. The largest absolute Gasteiger partial charge is 0.393 e. The molecule has 1 heterocycles. The lowest BCUT2D eigenvalue weighted by molar-refractivity contribution is 0.193. The van der Waals surface area contributed by atoms with Crippen LogP contribution in [0.15, 0.2) is 60.9 Å². The average Bonchev–Trinajstić information content (AvgIpc) is 3.04. The smallest absolute Gasteiger partial charge is 0.319 e. The van der Waals surface area contributed by atoms with Crippen LogP contribution in [0, 0.1) is 0 Å².